The Kier molecular flexibility index (Phi) is 11.0. The number of guanidine groups is 1. The van der Waals surface area contributed by atoms with Crippen LogP contribution in [-0.4, -0.2) is 55.0 Å². The lowest BCUT2D eigenvalue weighted by Gasteiger charge is -2.34. The zero-order valence-electron chi connectivity index (χ0n) is 17.6. The highest BCUT2D eigenvalue weighted by atomic mass is 127. The Hall–Kier alpha value is -1.16. The minimum Gasteiger partial charge on any atom is -0.357 e. The number of hydrogen-bond acceptors (Lipinski definition) is 4. The summed E-state index contributed by atoms with van der Waals surface area (Å²) in [7, 11) is 0. The van der Waals surface area contributed by atoms with E-state index < -0.39 is 0 Å². The molecule has 0 atom stereocenters. The normalized spacial score (nSPS) is 15.7. The minimum absolute atomic E-state index is 0. The van der Waals surface area contributed by atoms with Gasteiger partial charge in [0.05, 0.1) is 6.54 Å². The molecule has 2 aromatic rings. The van der Waals surface area contributed by atoms with Crippen molar-refractivity contribution in [2.75, 3.05) is 39.3 Å². The van der Waals surface area contributed by atoms with E-state index in [4.69, 9.17) is 4.99 Å². The molecule has 1 saturated heterocycles. The number of aliphatic imine (C=N–C) groups is 1. The van der Waals surface area contributed by atoms with Gasteiger partial charge in [-0.15, -0.1) is 24.0 Å². The first-order valence-electron chi connectivity index (χ1n) is 10.3. The number of benzene rings is 1. The fraction of sp³-hybridized carbons (Fsp3) is 0.500. The molecule has 1 aliphatic rings. The van der Waals surface area contributed by atoms with Crippen molar-refractivity contribution in [1.29, 1.82) is 0 Å². The average Bonchev–Trinajstić information content (AvgIpc) is 3.25. The quantitative estimate of drug-likeness (QED) is 0.312. The summed E-state index contributed by atoms with van der Waals surface area (Å²) in [5.74, 6) is 0.875. The highest BCUT2D eigenvalue weighted by molar-refractivity contribution is 14.0. The lowest BCUT2D eigenvalue weighted by Crippen LogP contribution is -2.45. The molecule has 7 heteroatoms. The Morgan fingerprint density at radius 1 is 1.00 bits per heavy atom. The van der Waals surface area contributed by atoms with Crippen molar-refractivity contribution in [2.45, 2.75) is 33.5 Å². The van der Waals surface area contributed by atoms with Crippen LogP contribution in [0.3, 0.4) is 0 Å². The number of nitrogens with one attached hydrogen (secondary N) is 2. The molecule has 1 aromatic heterocycles. The van der Waals surface area contributed by atoms with Gasteiger partial charge in [-0.05, 0) is 47.0 Å². The van der Waals surface area contributed by atoms with Gasteiger partial charge in [-0.1, -0.05) is 31.2 Å². The molecule has 0 saturated carbocycles. The van der Waals surface area contributed by atoms with Gasteiger partial charge in [0.1, 0.15) is 0 Å². The SMILES string of the molecule is CCNC(=NCc1ccsc1)NCc1ccccc1CN1CCN(CC)CC1.I. The van der Waals surface area contributed by atoms with Crippen LogP contribution in [0, 0.1) is 0 Å². The molecule has 0 spiro atoms. The first-order valence-corrected chi connectivity index (χ1v) is 11.3. The summed E-state index contributed by atoms with van der Waals surface area (Å²) in [6.07, 6.45) is 0. The molecule has 1 aliphatic heterocycles. The van der Waals surface area contributed by atoms with E-state index in [9.17, 15) is 0 Å². The molecule has 2 heterocycles. The van der Waals surface area contributed by atoms with Gasteiger partial charge in [-0.2, -0.15) is 11.3 Å². The Morgan fingerprint density at radius 2 is 1.72 bits per heavy atom. The zero-order chi connectivity index (χ0) is 19.6. The van der Waals surface area contributed by atoms with Gasteiger partial charge in [-0.3, -0.25) is 4.90 Å². The molecule has 2 N–H and O–H groups in total. The fourth-order valence-corrected chi connectivity index (χ4v) is 4.12. The second kappa shape index (κ2) is 13.2. The van der Waals surface area contributed by atoms with Crippen LogP contribution in [0.2, 0.25) is 0 Å². The Labute approximate surface area is 196 Å². The van der Waals surface area contributed by atoms with Crippen LogP contribution >= 0.6 is 35.3 Å². The summed E-state index contributed by atoms with van der Waals surface area (Å²) in [4.78, 5) is 9.81. The van der Waals surface area contributed by atoms with Gasteiger partial charge >= 0.3 is 0 Å². The molecule has 1 aromatic carbocycles. The highest BCUT2D eigenvalue weighted by Crippen LogP contribution is 2.14. The fourth-order valence-electron chi connectivity index (χ4n) is 3.46. The molecule has 160 valence electrons. The number of likely N-dealkylation sites (N-methyl/N-ethyl adjacent to an activating group) is 1. The summed E-state index contributed by atoms with van der Waals surface area (Å²) in [5.41, 5.74) is 4.02. The van der Waals surface area contributed by atoms with Gasteiger partial charge in [-0.25, -0.2) is 4.99 Å². The van der Waals surface area contributed by atoms with Crippen LogP contribution in [-0.2, 0) is 19.6 Å². The Balaban J connectivity index is 0.00000300. The topological polar surface area (TPSA) is 42.9 Å². The first-order chi connectivity index (χ1) is 13.8. The van der Waals surface area contributed by atoms with E-state index >= 15 is 0 Å². The molecular formula is C22H34IN5S. The molecule has 0 bridgehead atoms. The van der Waals surface area contributed by atoms with Crippen molar-refractivity contribution >= 4 is 41.3 Å². The van der Waals surface area contributed by atoms with E-state index in [1.165, 1.54) is 29.8 Å². The van der Waals surface area contributed by atoms with Gasteiger partial charge in [0.25, 0.3) is 0 Å². The van der Waals surface area contributed by atoms with E-state index in [1.54, 1.807) is 11.3 Å². The Bertz CT molecular complexity index is 727. The Morgan fingerprint density at radius 3 is 2.38 bits per heavy atom. The maximum atomic E-state index is 4.72. The second-order valence-corrected chi connectivity index (χ2v) is 7.94. The summed E-state index contributed by atoms with van der Waals surface area (Å²) in [6, 6.07) is 10.9. The van der Waals surface area contributed by atoms with Crippen LogP contribution in [0.15, 0.2) is 46.1 Å². The highest BCUT2D eigenvalue weighted by Gasteiger charge is 2.16. The minimum atomic E-state index is 0. The lowest BCUT2D eigenvalue weighted by molar-refractivity contribution is 0.131. The van der Waals surface area contributed by atoms with Crippen LogP contribution in [0.1, 0.15) is 30.5 Å². The van der Waals surface area contributed by atoms with Crippen LogP contribution < -0.4 is 10.6 Å². The van der Waals surface area contributed by atoms with Crippen LogP contribution in [0.25, 0.3) is 0 Å². The molecule has 3 rings (SSSR count). The van der Waals surface area contributed by atoms with E-state index in [0.29, 0.717) is 6.54 Å². The largest absolute Gasteiger partial charge is 0.357 e. The summed E-state index contributed by atoms with van der Waals surface area (Å²) in [5, 5.41) is 11.1. The van der Waals surface area contributed by atoms with Gasteiger partial charge in [0.2, 0.25) is 0 Å². The number of rotatable bonds is 8. The second-order valence-electron chi connectivity index (χ2n) is 7.16. The molecule has 0 unspecified atom stereocenters. The van der Waals surface area contributed by atoms with Crippen molar-refractivity contribution in [1.82, 2.24) is 20.4 Å². The van der Waals surface area contributed by atoms with E-state index in [-0.39, 0.29) is 24.0 Å². The number of piperazine rings is 1. The maximum absolute atomic E-state index is 4.72. The van der Waals surface area contributed by atoms with Gasteiger partial charge in [0.15, 0.2) is 5.96 Å². The summed E-state index contributed by atoms with van der Waals surface area (Å²) in [6.45, 7) is 13.6. The van der Waals surface area contributed by atoms with E-state index in [1.807, 2.05) is 0 Å². The molecule has 0 aliphatic carbocycles. The zero-order valence-corrected chi connectivity index (χ0v) is 20.7. The molecule has 29 heavy (non-hydrogen) atoms. The van der Waals surface area contributed by atoms with Crippen molar-refractivity contribution in [3.8, 4) is 0 Å². The monoisotopic (exact) mass is 527 g/mol. The van der Waals surface area contributed by atoms with Crippen molar-refractivity contribution in [3.63, 3.8) is 0 Å². The predicted octanol–water partition coefficient (Wildman–Crippen LogP) is 3.76. The third kappa shape index (κ3) is 7.88. The first kappa shape index (κ1) is 24.1. The molecular weight excluding hydrogens is 493 g/mol. The van der Waals surface area contributed by atoms with Crippen LogP contribution in [0.5, 0.6) is 0 Å². The number of halogens is 1. The van der Waals surface area contributed by atoms with Crippen molar-refractivity contribution in [2.24, 2.45) is 4.99 Å². The van der Waals surface area contributed by atoms with E-state index in [0.717, 1.165) is 45.2 Å². The van der Waals surface area contributed by atoms with Gasteiger partial charge in [0, 0.05) is 45.8 Å². The molecule has 0 radical (unpaired) electrons. The van der Waals surface area contributed by atoms with Crippen molar-refractivity contribution < 1.29 is 0 Å². The third-order valence-electron chi connectivity index (χ3n) is 5.21. The summed E-state index contributed by atoms with van der Waals surface area (Å²) < 4.78 is 0. The molecule has 1 fully saturated rings. The molecule has 0 amide bonds. The average molecular weight is 528 g/mol. The number of nitrogens with zero attached hydrogens (tertiary/aromatic N) is 3. The summed E-state index contributed by atoms with van der Waals surface area (Å²) >= 11 is 1.72. The van der Waals surface area contributed by atoms with Crippen molar-refractivity contribution in [3.05, 3.63) is 57.8 Å². The smallest absolute Gasteiger partial charge is 0.191 e. The predicted molar refractivity (Wildman–Crippen MR) is 135 cm³/mol. The van der Waals surface area contributed by atoms with E-state index in [2.05, 4.69) is 75.4 Å². The maximum Gasteiger partial charge on any atom is 0.191 e. The van der Waals surface area contributed by atoms with Gasteiger partial charge < -0.3 is 15.5 Å². The number of hydrogen-bond donors (Lipinski definition) is 2. The molecule has 5 nitrogen and oxygen atoms in total. The number of thiophene rings is 1. The standard InChI is InChI=1S/C22H33N5S.HI/c1-3-23-22(24-15-19-9-14-28-18-19)25-16-20-7-5-6-8-21(20)17-27-12-10-26(4-2)11-13-27;/h5-9,14,18H,3-4,10-13,15-17H2,1-2H3,(H2,23,24,25);1H. The third-order valence-corrected chi connectivity index (χ3v) is 5.95. The lowest BCUT2D eigenvalue weighted by atomic mass is 10.1. The van der Waals surface area contributed by atoms with Crippen LogP contribution in [0.4, 0.5) is 0 Å².